The van der Waals surface area contributed by atoms with Gasteiger partial charge in [0.2, 0.25) is 11.2 Å². The van der Waals surface area contributed by atoms with Gasteiger partial charge in [0.15, 0.2) is 5.82 Å². The number of aromatic amines is 1. The summed E-state index contributed by atoms with van der Waals surface area (Å²) in [5.74, 6) is -0.595. The van der Waals surface area contributed by atoms with Gasteiger partial charge < -0.3 is 15.2 Å². The number of aliphatic hydroxyl groups excluding tert-OH is 1. The second kappa shape index (κ2) is 5.24. The SMILES string of the molecule is O=c1cc(CO)[nH]c(N=Nc2ccccc2)c1O. The molecular formula is C12H11N3O3. The van der Waals surface area contributed by atoms with E-state index in [2.05, 4.69) is 15.2 Å². The van der Waals surface area contributed by atoms with Gasteiger partial charge in [-0.3, -0.25) is 4.79 Å². The van der Waals surface area contributed by atoms with Crippen LogP contribution >= 0.6 is 0 Å². The van der Waals surface area contributed by atoms with Gasteiger partial charge in [-0.2, -0.15) is 0 Å². The number of H-pyrrole nitrogens is 1. The first kappa shape index (κ1) is 12.0. The lowest BCUT2D eigenvalue weighted by molar-refractivity contribution is 0.276. The topological polar surface area (TPSA) is 98.0 Å². The predicted molar refractivity (Wildman–Crippen MR) is 65.3 cm³/mol. The lowest BCUT2D eigenvalue weighted by atomic mass is 10.3. The standard InChI is InChI=1S/C12H11N3O3/c16-7-9-6-10(17)11(18)12(13-9)15-14-8-4-2-1-3-5-8/h1-6,16,18H,7H2,(H,13,17). The molecule has 18 heavy (non-hydrogen) atoms. The molecule has 6 nitrogen and oxygen atoms in total. The van der Waals surface area contributed by atoms with E-state index in [1.54, 1.807) is 24.3 Å². The molecule has 0 saturated heterocycles. The average molecular weight is 245 g/mol. The van der Waals surface area contributed by atoms with Crippen molar-refractivity contribution in [2.75, 3.05) is 0 Å². The van der Waals surface area contributed by atoms with E-state index in [0.717, 1.165) is 6.07 Å². The minimum Gasteiger partial charge on any atom is -0.502 e. The smallest absolute Gasteiger partial charge is 0.225 e. The lowest BCUT2D eigenvalue weighted by Gasteiger charge is -2.00. The largest absolute Gasteiger partial charge is 0.502 e. The minimum absolute atomic E-state index is 0.0737. The van der Waals surface area contributed by atoms with Crippen LogP contribution in [-0.2, 0) is 6.61 Å². The maximum absolute atomic E-state index is 11.3. The highest BCUT2D eigenvalue weighted by molar-refractivity contribution is 5.45. The molecule has 0 amide bonds. The zero-order valence-corrected chi connectivity index (χ0v) is 9.37. The highest BCUT2D eigenvalue weighted by Crippen LogP contribution is 2.22. The van der Waals surface area contributed by atoms with Crippen LogP contribution in [0.2, 0.25) is 0 Å². The molecule has 0 aliphatic heterocycles. The number of hydrogen-bond acceptors (Lipinski definition) is 5. The van der Waals surface area contributed by atoms with Crippen molar-refractivity contribution < 1.29 is 10.2 Å². The van der Waals surface area contributed by atoms with Gasteiger partial charge in [-0.1, -0.05) is 18.2 Å². The molecule has 1 heterocycles. The molecule has 0 radical (unpaired) electrons. The van der Waals surface area contributed by atoms with Gasteiger partial charge >= 0.3 is 0 Å². The molecule has 0 atom stereocenters. The van der Waals surface area contributed by atoms with Crippen molar-refractivity contribution in [3.8, 4) is 5.75 Å². The summed E-state index contributed by atoms with van der Waals surface area (Å²) in [7, 11) is 0. The van der Waals surface area contributed by atoms with Crippen LogP contribution < -0.4 is 5.43 Å². The van der Waals surface area contributed by atoms with Crippen LogP contribution in [0.25, 0.3) is 0 Å². The molecule has 1 aromatic heterocycles. The van der Waals surface area contributed by atoms with Crippen molar-refractivity contribution in [2.45, 2.75) is 6.61 Å². The van der Waals surface area contributed by atoms with Gasteiger partial charge in [0.25, 0.3) is 0 Å². The highest BCUT2D eigenvalue weighted by atomic mass is 16.3. The van der Waals surface area contributed by atoms with Crippen molar-refractivity contribution in [3.05, 3.63) is 52.3 Å². The van der Waals surface area contributed by atoms with E-state index >= 15 is 0 Å². The quantitative estimate of drug-likeness (QED) is 0.721. The normalized spacial score (nSPS) is 10.9. The summed E-state index contributed by atoms with van der Waals surface area (Å²) in [5, 5.41) is 26.1. The summed E-state index contributed by atoms with van der Waals surface area (Å²) in [6, 6.07) is 9.99. The summed E-state index contributed by atoms with van der Waals surface area (Å²) in [6.07, 6.45) is 0. The third-order valence-corrected chi connectivity index (χ3v) is 2.23. The van der Waals surface area contributed by atoms with Crippen molar-refractivity contribution >= 4 is 11.5 Å². The average Bonchev–Trinajstić information content (AvgIpc) is 2.41. The van der Waals surface area contributed by atoms with Crippen molar-refractivity contribution in [1.29, 1.82) is 0 Å². The van der Waals surface area contributed by atoms with Gasteiger partial charge in [0.05, 0.1) is 12.3 Å². The maximum Gasteiger partial charge on any atom is 0.225 e. The molecule has 0 aliphatic rings. The molecular weight excluding hydrogens is 234 g/mol. The number of azo groups is 1. The van der Waals surface area contributed by atoms with E-state index < -0.39 is 11.2 Å². The Hall–Kier alpha value is -2.47. The fraction of sp³-hybridized carbons (Fsp3) is 0.0833. The number of aliphatic hydroxyl groups is 1. The minimum atomic E-state index is -0.611. The summed E-state index contributed by atoms with van der Waals surface area (Å²) in [4.78, 5) is 14.0. The fourth-order valence-corrected chi connectivity index (χ4v) is 1.35. The number of benzene rings is 1. The molecule has 6 heteroatoms. The van der Waals surface area contributed by atoms with Crippen LogP contribution in [0.4, 0.5) is 11.5 Å². The molecule has 2 rings (SSSR count). The summed E-state index contributed by atoms with van der Waals surface area (Å²) in [6.45, 7) is -0.344. The summed E-state index contributed by atoms with van der Waals surface area (Å²) < 4.78 is 0. The maximum atomic E-state index is 11.3. The van der Waals surface area contributed by atoms with Crippen molar-refractivity contribution in [3.63, 3.8) is 0 Å². The van der Waals surface area contributed by atoms with Crippen molar-refractivity contribution in [2.24, 2.45) is 10.2 Å². The first-order valence-electron chi connectivity index (χ1n) is 5.23. The first-order valence-corrected chi connectivity index (χ1v) is 5.23. The number of hydrogen-bond donors (Lipinski definition) is 3. The van der Waals surface area contributed by atoms with Crippen molar-refractivity contribution in [1.82, 2.24) is 4.98 Å². The first-order chi connectivity index (χ1) is 8.70. The van der Waals surface area contributed by atoms with Crippen LogP contribution in [0, 0.1) is 0 Å². The van der Waals surface area contributed by atoms with Gasteiger partial charge in [-0.25, -0.2) is 0 Å². The van der Waals surface area contributed by atoms with E-state index in [9.17, 15) is 9.90 Å². The van der Waals surface area contributed by atoms with Gasteiger partial charge in [-0.15, -0.1) is 10.2 Å². The number of aromatic hydroxyl groups is 1. The van der Waals surface area contributed by atoms with Crippen LogP contribution in [0.15, 0.2) is 51.4 Å². The molecule has 0 spiro atoms. The predicted octanol–water partition coefficient (Wildman–Crippen LogP) is 1.99. The van der Waals surface area contributed by atoms with Gasteiger partial charge in [-0.05, 0) is 12.1 Å². The summed E-state index contributed by atoms with van der Waals surface area (Å²) in [5.41, 5.74) is 0.242. The number of aromatic nitrogens is 1. The van der Waals surface area contributed by atoms with Gasteiger partial charge in [0, 0.05) is 11.8 Å². The van der Waals surface area contributed by atoms with E-state index in [-0.39, 0.29) is 18.1 Å². The Balaban J connectivity index is 2.37. The van der Waals surface area contributed by atoms with Crippen LogP contribution in [0.3, 0.4) is 0 Å². The zero-order valence-electron chi connectivity index (χ0n) is 9.37. The number of rotatable bonds is 3. The number of nitrogens with zero attached hydrogens (tertiary/aromatic N) is 2. The van der Waals surface area contributed by atoms with Crippen LogP contribution in [0.5, 0.6) is 5.75 Å². The van der Waals surface area contributed by atoms with E-state index in [1.807, 2.05) is 6.07 Å². The number of nitrogens with one attached hydrogen (secondary N) is 1. The molecule has 0 aliphatic carbocycles. The Morgan fingerprint density at radius 3 is 2.56 bits per heavy atom. The molecule has 0 unspecified atom stereocenters. The third kappa shape index (κ3) is 2.61. The zero-order chi connectivity index (χ0) is 13.0. The van der Waals surface area contributed by atoms with Crippen LogP contribution in [-0.4, -0.2) is 15.2 Å². The monoisotopic (exact) mass is 245 g/mol. The van der Waals surface area contributed by atoms with Gasteiger partial charge in [0.1, 0.15) is 0 Å². The molecule has 1 aromatic carbocycles. The second-order valence-corrected chi connectivity index (χ2v) is 3.55. The van der Waals surface area contributed by atoms with E-state index in [4.69, 9.17) is 5.11 Å². The van der Waals surface area contributed by atoms with E-state index in [0.29, 0.717) is 5.69 Å². The molecule has 0 bridgehead atoms. The Bertz CT molecular complexity index is 620. The fourth-order valence-electron chi connectivity index (χ4n) is 1.35. The third-order valence-electron chi connectivity index (χ3n) is 2.23. The Morgan fingerprint density at radius 1 is 1.17 bits per heavy atom. The second-order valence-electron chi connectivity index (χ2n) is 3.55. The Labute approximate surface area is 102 Å². The molecule has 92 valence electrons. The van der Waals surface area contributed by atoms with Crippen LogP contribution in [0.1, 0.15) is 5.69 Å². The Morgan fingerprint density at radius 2 is 1.89 bits per heavy atom. The highest BCUT2D eigenvalue weighted by Gasteiger charge is 2.07. The lowest BCUT2D eigenvalue weighted by Crippen LogP contribution is -2.03. The molecule has 0 saturated carbocycles. The molecule has 0 fully saturated rings. The molecule has 3 N–H and O–H groups in total. The Kier molecular flexibility index (Phi) is 3.49. The van der Waals surface area contributed by atoms with E-state index in [1.165, 1.54) is 0 Å². The molecule has 2 aromatic rings. The number of pyridine rings is 1. The summed E-state index contributed by atoms with van der Waals surface area (Å²) >= 11 is 0.